The van der Waals surface area contributed by atoms with Gasteiger partial charge in [-0.3, -0.25) is 30.1 Å². The average Bonchev–Trinajstić information content (AvgIpc) is 3.38. The molecule has 5 amide bonds. The van der Waals surface area contributed by atoms with Crippen molar-refractivity contribution in [3.05, 3.63) is 36.0 Å². The first-order chi connectivity index (χ1) is 13.5. The van der Waals surface area contributed by atoms with Crippen LogP contribution in [0.2, 0.25) is 0 Å². The Hall–Kier alpha value is -3.36. The van der Waals surface area contributed by atoms with E-state index in [4.69, 9.17) is 0 Å². The van der Waals surface area contributed by atoms with Crippen LogP contribution in [0.15, 0.2) is 30.5 Å². The van der Waals surface area contributed by atoms with Gasteiger partial charge in [-0.2, -0.15) is 0 Å². The fourth-order valence-electron chi connectivity index (χ4n) is 3.93. The van der Waals surface area contributed by atoms with Gasteiger partial charge in [-0.15, -0.1) is 0 Å². The first kappa shape index (κ1) is 18.0. The summed E-state index contributed by atoms with van der Waals surface area (Å²) in [7, 11) is 0. The Balaban J connectivity index is 1.30. The molecular formula is C19H21N5O4. The summed E-state index contributed by atoms with van der Waals surface area (Å²) in [6.07, 6.45) is 4.56. The van der Waals surface area contributed by atoms with E-state index in [-0.39, 0.29) is 18.9 Å². The molecule has 9 nitrogen and oxygen atoms in total. The molecular weight excluding hydrogens is 362 g/mol. The molecule has 1 aromatic heterocycles. The number of nitrogens with zero attached hydrogens (tertiary/aromatic N) is 1. The Morgan fingerprint density at radius 2 is 1.86 bits per heavy atom. The van der Waals surface area contributed by atoms with Gasteiger partial charge in [0.15, 0.2) is 0 Å². The first-order valence-corrected chi connectivity index (χ1v) is 9.30. The monoisotopic (exact) mass is 383 g/mol. The second-order valence-corrected chi connectivity index (χ2v) is 7.18. The quantitative estimate of drug-likeness (QED) is 0.468. The number of amides is 5. The van der Waals surface area contributed by atoms with Crippen molar-refractivity contribution in [2.24, 2.45) is 0 Å². The lowest BCUT2D eigenvalue weighted by atomic mass is 9.98. The standard InChI is InChI=1S/C19H21N5O4/c25-15(7-10-24-17(27)19(21-18(24)28)8-3-4-9-19)22-23-16(26)13-11-20-14-6-2-1-5-12(13)14/h1-2,5-6,11,20H,3-4,7-10H2,(H,21,28)(H,22,25)(H,23,26). The van der Waals surface area contributed by atoms with Gasteiger partial charge in [-0.25, -0.2) is 4.79 Å². The number of benzene rings is 1. The highest BCUT2D eigenvalue weighted by Crippen LogP contribution is 2.34. The molecule has 2 heterocycles. The summed E-state index contributed by atoms with van der Waals surface area (Å²) in [6.45, 7) is -0.0266. The van der Waals surface area contributed by atoms with Gasteiger partial charge in [0.05, 0.1) is 5.56 Å². The Morgan fingerprint density at radius 3 is 2.64 bits per heavy atom. The summed E-state index contributed by atoms with van der Waals surface area (Å²) < 4.78 is 0. The van der Waals surface area contributed by atoms with Crippen LogP contribution in [0.3, 0.4) is 0 Å². The smallest absolute Gasteiger partial charge is 0.325 e. The van der Waals surface area contributed by atoms with E-state index in [1.165, 1.54) is 0 Å². The van der Waals surface area contributed by atoms with Gasteiger partial charge in [0, 0.05) is 30.1 Å². The number of hydrogen-bond donors (Lipinski definition) is 4. The number of imide groups is 1. The molecule has 146 valence electrons. The second kappa shape index (κ2) is 6.99. The molecule has 1 spiro atoms. The third-order valence-corrected chi connectivity index (χ3v) is 5.41. The number of hydrazine groups is 1. The van der Waals surface area contributed by atoms with Crippen LogP contribution in [0.5, 0.6) is 0 Å². The van der Waals surface area contributed by atoms with E-state index in [0.29, 0.717) is 18.4 Å². The summed E-state index contributed by atoms with van der Waals surface area (Å²) >= 11 is 0. The topological polar surface area (TPSA) is 123 Å². The van der Waals surface area contributed by atoms with Gasteiger partial charge < -0.3 is 10.3 Å². The molecule has 4 rings (SSSR count). The van der Waals surface area contributed by atoms with Crippen molar-refractivity contribution in [1.82, 2.24) is 26.1 Å². The molecule has 4 N–H and O–H groups in total. The molecule has 2 aromatic rings. The summed E-state index contributed by atoms with van der Waals surface area (Å²) in [4.78, 5) is 53.1. The maximum absolute atomic E-state index is 12.5. The van der Waals surface area contributed by atoms with Gasteiger partial charge in [0.1, 0.15) is 5.54 Å². The SMILES string of the molecule is O=C(CCN1C(=O)NC2(CCCC2)C1=O)NNC(=O)c1c[nH]c2ccccc12. The largest absolute Gasteiger partial charge is 0.360 e. The summed E-state index contributed by atoms with van der Waals surface area (Å²) in [5.74, 6) is -1.20. The third kappa shape index (κ3) is 3.08. The highest BCUT2D eigenvalue weighted by Gasteiger charge is 2.52. The van der Waals surface area contributed by atoms with Crippen LogP contribution in [0.25, 0.3) is 10.9 Å². The highest BCUT2D eigenvalue weighted by atomic mass is 16.2. The Bertz CT molecular complexity index is 960. The molecule has 1 saturated carbocycles. The Morgan fingerprint density at radius 1 is 1.11 bits per heavy atom. The number of hydrogen-bond acceptors (Lipinski definition) is 4. The molecule has 1 aromatic carbocycles. The van der Waals surface area contributed by atoms with Crippen LogP contribution < -0.4 is 16.2 Å². The zero-order valence-electron chi connectivity index (χ0n) is 15.2. The highest BCUT2D eigenvalue weighted by molar-refractivity contribution is 6.08. The van der Waals surface area contributed by atoms with E-state index in [1.54, 1.807) is 12.3 Å². The second-order valence-electron chi connectivity index (χ2n) is 7.18. The number of carbonyl (C=O) groups is 4. The van der Waals surface area contributed by atoms with E-state index in [0.717, 1.165) is 28.6 Å². The number of rotatable bonds is 4. The number of nitrogens with one attached hydrogen (secondary N) is 4. The summed E-state index contributed by atoms with van der Waals surface area (Å²) in [5, 5.41) is 3.52. The van der Waals surface area contributed by atoms with Crippen LogP contribution in [-0.4, -0.2) is 45.7 Å². The zero-order valence-corrected chi connectivity index (χ0v) is 15.2. The molecule has 2 aliphatic rings. The molecule has 2 fully saturated rings. The number of aromatic nitrogens is 1. The number of fused-ring (bicyclic) bond motifs is 1. The molecule has 0 unspecified atom stereocenters. The molecule has 0 bridgehead atoms. The van der Waals surface area contributed by atoms with Gasteiger partial charge in [0.2, 0.25) is 5.91 Å². The van der Waals surface area contributed by atoms with E-state index in [9.17, 15) is 19.2 Å². The summed E-state index contributed by atoms with van der Waals surface area (Å²) in [5.41, 5.74) is 5.14. The lowest BCUT2D eigenvalue weighted by Gasteiger charge is -2.19. The predicted octanol–water partition coefficient (Wildman–Crippen LogP) is 1.18. The van der Waals surface area contributed by atoms with Crippen molar-refractivity contribution in [2.45, 2.75) is 37.6 Å². The number of H-pyrrole nitrogens is 1. The molecule has 1 aliphatic carbocycles. The van der Waals surface area contributed by atoms with Gasteiger partial charge >= 0.3 is 6.03 Å². The third-order valence-electron chi connectivity index (χ3n) is 5.41. The van der Waals surface area contributed by atoms with E-state index in [2.05, 4.69) is 21.2 Å². The molecule has 28 heavy (non-hydrogen) atoms. The Labute approximate surface area is 160 Å². The van der Waals surface area contributed by atoms with Crippen LogP contribution in [0.4, 0.5) is 4.79 Å². The normalized spacial score (nSPS) is 17.9. The van der Waals surface area contributed by atoms with Crippen molar-refractivity contribution < 1.29 is 19.2 Å². The van der Waals surface area contributed by atoms with E-state index >= 15 is 0 Å². The maximum Gasteiger partial charge on any atom is 0.325 e. The molecule has 9 heteroatoms. The summed E-state index contributed by atoms with van der Waals surface area (Å²) in [6, 6.07) is 6.87. The molecule has 1 aliphatic heterocycles. The van der Waals surface area contributed by atoms with Gasteiger partial charge in [-0.1, -0.05) is 31.0 Å². The number of aromatic amines is 1. The number of para-hydroxylation sites is 1. The zero-order chi connectivity index (χ0) is 19.7. The van der Waals surface area contributed by atoms with Crippen LogP contribution >= 0.6 is 0 Å². The van der Waals surface area contributed by atoms with Gasteiger partial charge in [0.25, 0.3) is 11.8 Å². The van der Waals surface area contributed by atoms with Gasteiger partial charge in [-0.05, 0) is 18.9 Å². The number of urea groups is 1. The van der Waals surface area contributed by atoms with Crippen molar-refractivity contribution in [2.75, 3.05) is 6.54 Å². The lowest BCUT2D eigenvalue weighted by Crippen LogP contribution is -2.45. The number of carbonyl (C=O) groups excluding carboxylic acids is 4. The average molecular weight is 383 g/mol. The maximum atomic E-state index is 12.5. The van der Waals surface area contributed by atoms with Crippen molar-refractivity contribution in [1.29, 1.82) is 0 Å². The van der Waals surface area contributed by atoms with Crippen LogP contribution in [0.1, 0.15) is 42.5 Å². The van der Waals surface area contributed by atoms with Crippen molar-refractivity contribution in [3.63, 3.8) is 0 Å². The molecule has 1 saturated heterocycles. The minimum Gasteiger partial charge on any atom is -0.360 e. The van der Waals surface area contributed by atoms with Crippen molar-refractivity contribution in [3.8, 4) is 0 Å². The fraction of sp³-hybridized carbons (Fsp3) is 0.368. The molecule has 0 radical (unpaired) electrons. The lowest BCUT2D eigenvalue weighted by molar-refractivity contribution is -0.131. The molecule has 0 atom stereocenters. The minimum atomic E-state index is -0.781. The van der Waals surface area contributed by atoms with Crippen molar-refractivity contribution >= 4 is 34.7 Å². The predicted molar refractivity (Wildman–Crippen MR) is 100.0 cm³/mol. The van der Waals surface area contributed by atoms with E-state index in [1.807, 2.05) is 18.2 Å². The first-order valence-electron chi connectivity index (χ1n) is 9.30. The van der Waals surface area contributed by atoms with Crippen LogP contribution in [0, 0.1) is 0 Å². The Kier molecular flexibility index (Phi) is 4.50. The fourth-order valence-corrected chi connectivity index (χ4v) is 3.93. The van der Waals surface area contributed by atoms with E-state index < -0.39 is 23.4 Å². The minimum absolute atomic E-state index is 0.0266. The van der Waals surface area contributed by atoms with Crippen LogP contribution in [-0.2, 0) is 9.59 Å².